The molecule has 0 saturated carbocycles. The standard InChI is InChI=1S/C25H26N8O2/c26-23(34)17-33(24-10-12-28-31-24)21-5-1-18(2-6-21)22-9-11-27-25(30-22)29-19-3-7-20(8-4-19)32-13-15-35-16-14-32/h1-12H,13-17H2,(H2,26,34)(H,28,31)(H,27,29,30). The molecule has 5 rings (SSSR count). The van der Waals surface area contributed by atoms with Gasteiger partial charge in [0.15, 0.2) is 0 Å². The van der Waals surface area contributed by atoms with E-state index in [-0.39, 0.29) is 6.54 Å². The summed E-state index contributed by atoms with van der Waals surface area (Å²) in [4.78, 5) is 24.7. The maximum atomic E-state index is 11.6. The van der Waals surface area contributed by atoms with Crippen molar-refractivity contribution >= 4 is 34.7 Å². The fourth-order valence-corrected chi connectivity index (χ4v) is 3.97. The molecule has 3 heterocycles. The van der Waals surface area contributed by atoms with Crippen molar-refractivity contribution in [3.63, 3.8) is 0 Å². The van der Waals surface area contributed by atoms with Crippen molar-refractivity contribution in [2.75, 3.05) is 48.0 Å². The minimum Gasteiger partial charge on any atom is -0.378 e. The van der Waals surface area contributed by atoms with Crippen molar-refractivity contribution in [1.29, 1.82) is 0 Å². The van der Waals surface area contributed by atoms with Crippen LogP contribution in [0.1, 0.15) is 0 Å². The van der Waals surface area contributed by atoms with Gasteiger partial charge in [0.25, 0.3) is 0 Å². The first kappa shape index (κ1) is 22.4. The van der Waals surface area contributed by atoms with Crippen molar-refractivity contribution in [2.45, 2.75) is 0 Å². The number of amides is 1. The Labute approximate surface area is 202 Å². The third kappa shape index (κ3) is 5.39. The molecule has 1 fully saturated rings. The molecule has 178 valence electrons. The fourth-order valence-electron chi connectivity index (χ4n) is 3.97. The van der Waals surface area contributed by atoms with Crippen LogP contribution in [0.3, 0.4) is 0 Å². The summed E-state index contributed by atoms with van der Waals surface area (Å²) in [5.74, 6) is 0.761. The molecular formula is C25H26N8O2. The van der Waals surface area contributed by atoms with Gasteiger partial charge < -0.3 is 25.6 Å². The maximum Gasteiger partial charge on any atom is 0.237 e. The number of nitrogens with one attached hydrogen (secondary N) is 2. The van der Waals surface area contributed by atoms with Crippen molar-refractivity contribution in [3.8, 4) is 11.3 Å². The van der Waals surface area contributed by atoms with Crippen LogP contribution in [0.5, 0.6) is 0 Å². The van der Waals surface area contributed by atoms with Gasteiger partial charge in [-0.3, -0.25) is 9.89 Å². The highest BCUT2D eigenvalue weighted by Gasteiger charge is 2.14. The van der Waals surface area contributed by atoms with Gasteiger partial charge in [0.1, 0.15) is 12.4 Å². The predicted octanol–water partition coefficient (Wildman–Crippen LogP) is 3.07. The van der Waals surface area contributed by atoms with Crippen LogP contribution in [0.15, 0.2) is 73.1 Å². The van der Waals surface area contributed by atoms with Crippen molar-refractivity contribution in [3.05, 3.63) is 73.1 Å². The van der Waals surface area contributed by atoms with Crippen LogP contribution in [-0.2, 0) is 9.53 Å². The summed E-state index contributed by atoms with van der Waals surface area (Å²) in [6.07, 6.45) is 3.36. The molecule has 2 aromatic carbocycles. The van der Waals surface area contributed by atoms with Crippen molar-refractivity contribution < 1.29 is 9.53 Å². The van der Waals surface area contributed by atoms with Crippen LogP contribution in [0, 0.1) is 0 Å². The average molecular weight is 471 g/mol. The number of carbonyl (C=O) groups excluding carboxylic acids is 1. The minimum atomic E-state index is -0.437. The molecular weight excluding hydrogens is 444 g/mol. The first-order chi connectivity index (χ1) is 17.2. The lowest BCUT2D eigenvalue weighted by Gasteiger charge is -2.28. The second kappa shape index (κ2) is 10.2. The molecule has 0 bridgehead atoms. The fraction of sp³-hybridized carbons (Fsp3) is 0.200. The van der Waals surface area contributed by atoms with Crippen molar-refractivity contribution in [2.24, 2.45) is 5.73 Å². The number of aromatic amines is 1. The molecule has 1 saturated heterocycles. The summed E-state index contributed by atoms with van der Waals surface area (Å²) >= 11 is 0. The number of nitrogens with two attached hydrogens (primary N) is 1. The van der Waals surface area contributed by atoms with E-state index < -0.39 is 5.91 Å². The number of hydrogen-bond donors (Lipinski definition) is 3. The zero-order chi connectivity index (χ0) is 24.0. The molecule has 0 spiro atoms. The van der Waals surface area contributed by atoms with E-state index in [2.05, 4.69) is 42.5 Å². The van der Waals surface area contributed by atoms with E-state index in [1.165, 1.54) is 5.69 Å². The lowest BCUT2D eigenvalue weighted by molar-refractivity contribution is -0.116. The van der Waals surface area contributed by atoms with E-state index in [1.54, 1.807) is 23.4 Å². The third-order valence-electron chi connectivity index (χ3n) is 5.72. The van der Waals surface area contributed by atoms with Gasteiger partial charge >= 0.3 is 0 Å². The van der Waals surface area contributed by atoms with Gasteiger partial charge in [-0.2, -0.15) is 5.10 Å². The summed E-state index contributed by atoms with van der Waals surface area (Å²) in [6, 6.07) is 19.6. The van der Waals surface area contributed by atoms with Crippen LogP contribution < -0.4 is 20.9 Å². The average Bonchev–Trinajstić information content (AvgIpc) is 3.43. The van der Waals surface area contributed by atoms with Crippen LogP contribution >= 0.6 is 0 Å². The summed E-state index contributed by atoms with van der Waals surface area (Å²) in [6.45, 7) is 3.35. The number of hydrogen-bond acceptors (Lipinski definition) is 8. The number of anilines is 5. The number of carbonyl (C=O) groups is 1. The molecule has 0 aliphatic carbocycles. The number of primary amides is 1. The van der Waals surface area contributed by atoms with E-state index in [4.69, 9.17) is 10.5 Å². The quantitative estimate of drug-likeness (QED) is 0.359. The minimum absolute atomic E-state index is 0.0352. The number of H-pyrrole nitrogens is 1. The monoisotopic (exact) mass is 470 g/mol. The van der Waals surface area contributed by atoms with Crippen LogP contribution in [0.2, 0.25) is 0 Å². The highest BCUT2D eigenvalue weighted by Crippen LogP contribution is 2.27. The lowest BCUT2D eigenvalue weighted by Crippen LogP contribution is -2.36. The number of nitrogens with zero attached hydrogens (tertiary/aromatic N) is 5. The Hall–Kier alpha value is -4.44. The Balaban J connectivity index is 1.30. The number of rotatable bonds is 8. The Bertz CT molecular complexity index is 1250. The molecule has 1 aliphatic rings. The van der Waals surface area contributed by atoms with E-state index in [0.29, 0.717) is 11.8 Å². The van der Waals surface area contributed by atoms with E-state index in [0.717, 1.165) is 48.9 Å². The molecule has 35 heavy (non-hydrogen) atoms. The van der Waals surface area contributed by atoms with E-state index >= 15 is 0 Å². The van der Waals surface area contributed by atoms with Crippen molar-refractivity contribution in [1.82, 2.24) is 20.2 Å². The summed E-state index contributed by atoms with van der Waals surface area (Å²) < 4.78 is 5.43. The molecule has 0 radical (unpaired) electrons. The largest absolute Gasteiger partial charge is 0.378 e. The zero-order valence-electron chi connectivity index (χ0n) is 19.1. The van der Waals surface area contributed by atoms with Crippen LogP contribution in [-0.4, -0.2) is 58.9 Å². The summed E-state index contributed by atoms with van der Waals surface area (Å²) in [7, 11) is 0. The van der Waals surface area contributed by atoms with Crippen LogP contribution in [0.4, 0.5) is 28.8 Å². The SMILES string of the molecule is NC(=O)CN(c1ccc(-c2ccnc(Nc3ccc(N4CCOCC4)cc3)n2)cc1)c1ccn[nH]1. The van der Waals surface area contributed by atoms with Gasteiger partial charge in [-0.15, -0.1) is 0 Å². The maximum absolute atomic E-state index is 11.6. The van der Waals surface area contributed by atoms with E-state index in [9.17, 15) is 4.79 Å². The van der Waals surface area contributed by atoms with Gasteiger partial charge in [0.2, 0.25) is 11.9 Å². The molecule has 4 N–H and O–H groups in total. The van der Waals surface area contributed by atoms with Crippen LogP contribution in [0.25, 0.3) is 11.3 Å². The second-order valence-corrected chi connectivity index (χ2v) is 8.08. The third-order valence-corrected chi connectivity index (χ3v) is 5.72. The highest BCUT2D eigenvalue weighted by atomic mass is 16.5. The number of ether oxygens (including phenoxy) is 1. The Morgan fingerprint density at radius 1 is 1.03 bits per heavy atom. The van der Waals surface area contributed by atoms with Gasteiger partial charge in [-0.25, -0.2) is 9.97 Å². The molecule has 10 nitrogen and oxygen atoms in total. The first-order valence-corrected chi connectivity index (χ1v) is 11.3. The molecule has 4 aromatic rings. The Morgan fingerprint density at radius 3 is 2.49 bits per heavy atom. The van der Waals surface area contributed by atoms with E-state index in [1.807, 2.05) is 42.5 Å². The molecule has 0 atom stereocenters. The normalized spacial score (nSPS) is 13.4. The zero-order valence-corrected chi connectivity index (χ0v) is 19.1. The number of benzene rings is 2. The van der Waals surface area contributed by atoms with Gasteiger partial charge in [-0.1, -0.05) is 12.1 Å². The molecule has 2 aromatic heterocycles. The lowest BCUT2D eigenvalue weighted by atomic mass is 10.1. The predicted molar refractivity (Wildman–Crippen MR) is 135 cm³/mol. The first-order valence-electron chi connectivity index (χ1n) is 11.3. The molecule has 0 unspecified atom stereocenters. The molecule has 10 heteroatoms. The highest BCUT2D eigenvalue weighted by molar-refractivity contribution is 5.82. The smallest absolute Gasteiger partial charge is 0.237 e. The van der Waals surface area contributed by atoms with Gasteiger partial charge in [-0.05, 0) is 42.5 Å². The Kier molecular flexibility index (Phi) is 6.53. The molecule has 1 aliphatic heterocycles. The summed E-state index contributed by atoms with van der Waals surface area (Å²) in [5, 5.41) is 10.1. The van der Waals surface area contributed by atoms with Gasteiger partial charge in [0.05, 0.1) is 25.1 Å². The second-order valence-electron chi connectivity index (χ2n) is 8.08. The van der Waals surface area contributed by atoms with Gasteiger partial charge in [0, 0.05) is 48.0 Å². The number of aromatic nitrogens is 4. The topological polar surface area (TPSA) is 125 Å². The Morgan fingerprint density at radius 2 is 1.80 bits per heavy atom. The summed E-state index contributed by atoms with van der Waals surface area (Å²) in [5.41, 5.74) is 10.0. The number of morpholine rings is 1. The molecule has 1 amide bonds.